The summed E-state index contributed by atoms with van der Waals surface area (Å²) < 4.78 is 11.3. The summed E-state index contributed by atoms with van der Waals surface area (Å²) in [5.74, 6) is 1.44. The molecule has 140 valence electrons. The van der Waals surface area contributed by atoms with Gasteiger partial charge in [-0.1, -0.05) is 12.1 Å². The quantitative estimate of drug-likeness (QED) is 0.790. The molecule has 26 heavy (non-hydrogen) atoms. The lowest BCUT2D eigenvalue weighted by atomic mass is 10.1. The largest absolute Gasteiger partial charge is 0.466 e. The fourth-order valence-corrected chi connectivity index (χ4v) is 3.39. The number of ether oxygens (including phenoxy) is 1. The Labute approximate surface area is 155 Å². The van der Waals surface area contributed by atoms with Crippen molar-refractivity contribution >= 4 is 11.6 Å². The number of hydrogen-bond donors (Lipinski definition) is 0. The summed E-state index contributed by atoms with van der Waals surface area (Å²) in [7, 11) is 4.04. The highest BCUT2D eigenvalue weighted by atomic mass is 16.5. The Balaban J connectivity index is 1.80. The fourth-order valence-electron chi connectivity index (χ4n) is 3.39. The van der Waals surface area contributed by atoms with E-state index in [1.54, 1.807) is 0 Å². The summed E-state index contributed by atoms with van der Waals surface area (Å²) in [5, 5.41) is 0. The zero-order valence-electron chi connectivity index (χ0n) is 16.1. The molecule has 0 saturated carbocycles. The summed E-state index contributed by atoms with van der Waals surface area (Å²) in [5.41, 5.74) is 2.90. The van der Waals surface area contributed by atoms with Crippen LogP contribution in [0.3, 0.4) is 0 Å². The monoisotopic (exact) mass is 356 g/mol. The first kappa shape index (κ1) is 18.5. The normalized spacial score (nSPS) is 16.7. The Bertz CT molecular complexity index is 743. The molecule has 1 aromatic carbocycles. The molecule has 2 aromatic rings. The maximum absolute atomic E-state index is 13.1. The van der Waals surface area contributed by atoms with Gasteiger partial charge in [0.2, 0.25) is 0 Å². The Morgan fingerprint density at radius 1 is 1.19 bits per heavy atom. The second kappa shape index (κ2) is 7.96. The summed E-state index contributed by atoms with van der Waals surface area (Å²) in [6.07, 6.45) is 2.19. The maximum atomic E-state index is 13.1. The van der Waals surface area contributed by atoms with Crippen LogP contribution < -0.4 is 4.90 Å². The van der Waals surface area contributed by atoms with Gasteiger partial charge in [0.1, 0.15) is 11.5 Å². The minimum absolute atomic E-state index is 0.00605. The number of carbonyl (C=O) groups excluding carboxylic acids is 1. The lowest BCUT2D eigenvalue weighted by Gasteiger charge is -2.26. The van der Waals surface area contributed by atoms with E-state index in [9.17, 15) is 4.79 Å². The van der Waals surface area contributed by atoms with E-state index in [-0.39, 0.29) is 12.0 Å². The molecule has 0 spiro atoms. The minimum Gasteiger partial charge on any atom is -0.466 e. The summed E-state index contributed by atoms with van der Waals surface area (Å²) in [6, 6.07) is 10.2. The van der Waals surface area contributed by atoms with Crippen LogP contribution in [0.4, 0.5) is 5.69 Å². The number of furan rings is 1. The molecule has 1 unspecified atom stereocenters. The molecule has 1 saturated heterocycles. The van der Waals surface area contributed by atoms with Crippen molar-refractivity contribution in [3.05, 3.63) is 53.0 Å². The van der Waals surface area contributed by atoms with Gasteiger partial charge in [0.15, 0.2) is 0 Å². The van der Waals surface area contributed by atoms with E-state index in [1.165, 1.54) is 0 Å². The van der Waals surface area contributed by atoms with Crippen LogP contribution in [0.5, 0.6) is 0 Å². The van der Waals surface area contributed by atoms with Crippen LogP contribution in [-0.2, 0) is 11.3 Å². The zero-order chi connectivity index (χ0) is 18.7. The van der Waals surface area contributed by atoms with E-state index < -0.39 is 0 Å². The third-order valence-electron chi connectivity index (χ3n) is 4.83. The topological polar surface area (TPSA) is 45.9 Å². The second-order valence-electron chi connectivity index (χ2n) is 7.21. The van der Waals surface area contributed by atoms with E-state index >= 15 is 0 Å². The third kappa shape index (κ3) is 4.28. The first-order valence-electron chi connectivity index (χ1n) is 9.18. The lowest BCUT2D eigenvalue weighted by molar-refractivity contribution is 0.0506. The molecule has 1 aromatic heterocycles. The Morgan fingerprint density at radius 2 is 1.92 bits per heavy atom. The van der Waals surface area contributed by atoms with Crippen molar-refractivity contribution < 1.29 is 13.9 Å². The van der Waals surface area contributed by atoms with Crippen molar-refractivity contribution in [2.24, 2.45) is 0 Å². The molecule has 1 fully saturated rings. The molecule has 1 amide bonds. The van der Waals surface area contributed by atoms with Crippen molar-refractivity contribution in [1.82, 2.24) is 4.90 Å². The molecule has 1 aliphatic rings. The van der Waals surface area contributed by atoms with Crippen molar-refractivity contribution in [1.29, 1.82) is 0 Å². The van der Waals surface area contributed by atoms with Crippen molar-refractivity contribution in [3.63, 3.8) is 0 Å². The average molecular weight is 356 g/mol. The predicted molar refractivity (Wildman–Crippen MR) is 103 cm³/mol. The van der Waals surface area contributed by atoms with Crippen LogP contribution in [0.15, 0.2) is 34.7 Å². The van der Waals surface area contributed by atoms with Crippen LogP contribution in [0.1, 0.15) is 40.3 Å². The lowest BCUT2D eigenvalue weighted by Crippen LogP contribution is -2.37. The minimum atomic E-state index is 0.00605. The van der Waals surface area contributed by atoms with E-state index in [1.807, 2.05) is 38.9 Å². The second-order valence-corrected chi connectivity index (χ2v) is 7.21. The zero-order valence-corrected chi connectivity index (χ0v) is 16.1. The van der Waals surface area contributed by atoms with Gasteiger partial charge in [-0.15, -0.1) is 0 Å². The van der Waals surface area contributed by atoms with Gasteiger partial charge in [0.05, 0.1) is 11.7 Å². The van der Waals surface area contributed by atoms with Gasteiger partial charge in [-0.25, -0.2) is 0 Å². The van der Waals surface area contributed by atoms with Crippen LogP contribution in [0.25, 0.3) is 0 Å². The maximum Gasteiger partial charge on any atom is 0.257 e. The summed E-state index contributed by atoms with van der Waals surface area (Å²) in [4.78, 5) is 17.1. The number of amides is 1. The van der Waals surface area contributed by atoms with Gasteiger partial charge in [-0.05, 0) is 50.5 Å². The molecule has 3 rings (SSSR count). The molecule has 1 aliphatic heterocycles. The molecule has 0 bridgehead atoms. The molecule has 0 radical (unpaired) electrons. The van der Waals surface area contributed by atoms with Gasteiger partial charge >= 0.3 is 0 Å². The number of hydrogen-bond acceptors (Lipinski definition) is 4. The highest BCUT2D eigenvalue weighted by Gasteiger charge is 2.25. The van der Waals surface area contributed by atoms with E-state index in [0.717, 1.165) is 36.5 Å². The van der Waals surface area contributed by atoms with Crippen molar-refractivity contribution in [3.8, 4) is 0 Å². The standard InChI is InChI=1S/C21H28N2O3/c1-15-12-20(16(2)26-15)21(24)23(14-19-6-5-11-25-19)13-17-7-9-18(10-8-17)22(3)4/h7-10,12,19H,5-6,11,13-14H2,1-4H3. The molecular weight excluding hydrogens is 328 g/mol. The average Bonchev–Trinajstić information content (AvgIpc) is 3.23. The van der Waals surface area contributed by atoms with Crippen molar-refractivity contribution in [2.45, 2.75) is 39.3 Å². The highest BCUT2D eigenvalue weighted by Crippen LogP contribution is 2.21. The van der Waals surface area contributed by atoms with E-state index in [0.29, 0.717) is 24.4 Å². The smallest absolute Gasteiger partial charge is 0.257 e. The summed E-state index contributed by atoms with van der Waals surface area (Å²) in [6.45, 7) is 5.67. The number of nitrogens with zero attached hydrogens (tertiary/aromatic N) is 2. The van der Waals surface area contributed by atoms with Gasteiger partial charge in [-0.2, -0.15) is 0 Å². The van der Waals surface area contributed by atoms with Crippen LogP contribution in [0.2, 0.25) is 0 Å². The third-order valence-corrected chi connectivity index (χ3v) is 4.83. The van der Waals surface area contributed by atoms with Crippen LogP contribution >= 0.6 is 0 Å². The number of anilines is 1. The Kier molecular flexibility index (Phi) is 5.67. The molecule has 0 aliphatic carbocycles. The molecule has 2 heterocycles. The van der Waals surface area contributed by atoms with E-state index in [4.69, 9.17) is 9.15 Å². The van der Waals surface area contributed by atoms with Crippen LogP contribution in [-0.4, -0.2) is 44.2 Å². The first-order valence-corrected chi connectivity index (χ1v) is 9.18. The van der Waals surface area contributed by atoms with Gasteiger partial charge in [0.25, 0.3) is 5.91 Å². The number of aryl methyl sites for hydroxylation is 2. The Hall–Kier alpha value is -2.27. The highest BCUT2D eigenvalue weighted by molar-refractivity contribution is 5.95. The van der Waals surface area contributed by atoms with Gasteiger partial charge in [0, 0.05) is 39.5 Å². The fraction of sp³-hybridized carbons (Fsp3) is 0.476. The van der Waals surface area contributed by atoms with Gasteiger partial charge in [-0.3, -0.25) is 4.79 Å². The molecule has 5 nitrogen and oxygen atoms in total. The molecule has 0 N–H and O–H groups in total. The number of rotatable bonds is 6. The first-order chi connectivity index (χ1) is 12.4. The molecule has 5 heteroatoms. The SMILES string of the molecule is Cc1cc(C(=O)N(Cc2ccc(N(C)C)cc2)CC2CCCO2)c(C)o1. The van der Waals surface area contributed by atoms with Gasteiger partial charge < -0.3 is 19.0 Å². The predicted octanol–water partition coefficient (Wildman–Crippen LogP) is 3.78. The van der Waals surface area contributed by atoms with Crippen molar-refractivity contribution in [2.75, 3.05) is 32.1 Å². The number of carbonyl (C=O) groups is 1. The van der Waals surface area contributed by atoms with E-state index in [2.05, 4.69) is 29.2 Å². The Morgan fingerprint density at radius 3 is 2.46 bits per heavy atom. The summed E-state index contributed by atoms with van der Waals surface area (Å²) >= 11 is 0. The van der Waals surface area contributed by atoms with Crippen LogP contribution in [0, 0.1) is 13.8 Å². The molecule has 1 atom stereocenters. The number of benzene rings is 1. The molecular formula is C21H28N2O3.